The van der Waals surface area contributed by atoms with Gasteiger partial charge in [-0.25, -0.2) is 4.79 Å². The summed E-state index contributed by atoms with van der Waals surface area (Å²) >= 11 is 0. The van der Waals surface area contributed by atoms with Crippen molar-refractivity contribution < 1.29 is 19.0 Å². The largest absolute Gasteiger partial charge is 0.465 e. The minimum atomic E-state index is -0.293. The summed E-state index contributed by atoms with van der Waals surface area (Å²) in [7, 11) is 1.40. The molecular formula is C14H16O4. The quantitative estimate of drug-likeness (QED) is 0.709. The number of hydrogen-bond acceptors (Lipinski definition) is 4. The SMILES string of the molecule is COC(=O)c1ccc2c(c1)C1(CCOC2)COC1. The number of methoxy groups -OCH3 is 1. The van der Waals surface area contributed by atoms with Gasteiger partial charge in [0.1, 0.15) is 0 Å². The zero-order chi connectivity index (χ0) is 12.6. The van der Waals surface area contributed by atoms with E-state index in [0.717, 1.165) is 18.6 Å². The first-order chi connectivity index (χ1) is 8.75. The molecule has 4 heteroatoms. The molecule has 2 heterocycles. The second-order valence-corrected chi connectivity index (χ2v) is 4.94. The fourth-order valence-corrected chi connectivity index (χ4v) is 2.67. The van der Waals surface area contributed by atoms with Crippen molar-refractivity contribution in [1.82, 2.24) is 0 Å². The molecule has 1 saturated heterocycles. The lowest BCUT2D eigenvalue weighted by atomic mass is 9.74. The highest BCUT2D eigenvalue weighted by Gasteiger charge is 2.42. The molecular weight excluding hydrogens is 232 g/mol. The molecule has 18 heavy (non-hydrogen) atoms. The zero-order valence-corrected chi connectivity index (χ0v) is 10.4. The summed E-state index contributed by atoms with van der Waals surface area (Å²) in [6, 6.07) is 5.71. The molecule has 1 fully saturated rings. The van der Waals surface area contributed by atoms with Crippen molar-refractivity contribution in [2.24, 2.45) is 0 Å². The van der Waals surface area contributed by atoms with Crippen LogP contribution in [0.2, 0.25) is 0 Å². The van der Waals surface area contributed by atoms with Crippen LogP contribution in [0.15, 0.2) is 18.2 Å². The topological polar surface area (TPSA) is 44.8 Å². The molecule has 96 valence electrons. The highest BCUT2D eigenvalue weighted by Crippen LogP contribution is 2.40. The maximum Gasteiger partial charge on any atom is 0.337 e. The lowest BCUT2D eigenvalue weighted by Crippen LogP contribution is -2.47. The van der Waals surface area contributed by atoms with E-state index in [0.29, 0.717) is 25.4 Å². The van der Waals surface area contributed by atoms with Crippen LogP contribution in [0.4, 0.5) is 0 Å². The molecule has 4 nitrogen and oxygen atoms in total. The van der Waals surface area contributed by atoms with Crippen LogP contribution in [-0.2, 0) is 26.2 Å². The van der Waals surface area contributed by atoms with Gasteiger partial charge in [-0.15, -0.1) is 0 Å². The van der Waals surface area contributed by atoms with Crippen LogP contribution in [0, 0.1) is 0 Å². The van der Waals surface area contributed by atoms with E-state index in [1.807, 2.05) is 12.1 Å². The molecule has 0 saturated carbocycles. The van der Waals surface area contributed by atoms with Gasteiger partial charge in [-0.2, -0.15) is 0 Å². The molecule has 2 aliphatic rings. The number of carbonyl (C=O) groups excluding carboxylic acids is 1. The van der Waals surface area contributed by atoms with Gasteiger partial charge in [-0.1, -0.05) is 6.07 Å². The van der Waals surface area contributed by atoms with Gasteiger partial charge in [0.05, 0.1) is 32.5 Å². The van der Waals surface area contributed by atoms with Crippen LogP contribution in [0.3, 0.4) is 0 Å². The number of hydrogen-bond donors (Lipinski definition) is 0. The lowest BCUT2D eigenvalue weighted by Gasteiger charge is -2.42. The minimum absolute atomic E-state index is 0.0376. The summed E-state index contributed by atoms with van der Waals surface area (Å²) in [5, 5.41) is 0. The van der Waals surface area contributed by atoms with E-state index in [2.05, 4.69) is 0 Å². The maximum absolute atomic E-state index is 11.6. The predicted octanol–water partition coefficient (Wildman–Crippen LogP) is 1.66. The Kier molecular flexibility index (Phi) is 2.84. The summed E-state index contributed by atoms with van der Waals surface area (Å²) in [4.78, 5) is 11.6. The first kappa shape index (κ1) is 11.7. The van der Waals surface area contributed by atoms with Crippen LogP contribution >= 0.6 is 0 Å². The summed E-state index contributed by atoms with van der Waals surface area (Å²) < 4.78 is 15.8. The molecule has 1 aromatic rings. The van der Waals surface area contributed by atoms with Gasteiger partial charge in [0.2, 0.25) is 0 Å². The van der Waals surface area contributed by atoms with Gasteiger partial charge in [-0.3, -0.25) is 0 Å². The Hall–Kier alpha value is -1.39. The van der Waals surface area contributed by atoms with Crippen LogP contribution in [0.1, 0.15) is 27.9 Å². The normalized spacial score (nSPS) is 20.7. The van der Waals surface area contributed by atoms with Gasteiger partial charge in [0.15, 0.2) is 0 Å². The minimum Gasteiger partial charge on any atom is -0.465 e. The molecule has 0 radical (unpaired) electrons. The van der Waals surface area contributed by atoms with E-state index in [4.69, 9.17) is 14.2 Å². The number of rotatable bonds is 1. The van der Waals surface area contributed by atoms with E-state index >= 15 is 0 Å². The van der Waals surface area contributed by atoms with E-state index in [-0.39, 0.29) is 11.4 Å². The third kappa shape index (κ3) is 1.72. The van der Waals surface area contributed by atoms with E-state index in [1.165, 1.54) is 12.7 Å². The predicted molar refractivity (Wildman–Crippen MR) is 64.6 cm³/mol. The summed E-state index contributed by atoms with van der Waals surface area (Å²) in [6.45, 7) is 2.78. The van der Waals surface area contributed by atoms with Crippen LogP contribution in [-0.4, -0.2) is 32.9 Å². The number of benzene rings is 1. The summed E-state index contributed by atoms with van der Waals surface area (Å²) in [5.74, 6) is -0.293. The molecule has 0 N–H and O–H groups in total. The molecule has 0 amide bonds. The molecule has 2 aliphatic heterocycles. The second-order valence-electron chi connectivity index (χ2n) is 4.94. The Bertz CT molecular complexity index is 477. The molecule has 0 bridgehead atoms. The van der Waals surface area contributed by atoms with Crippen molar-refractivity contribution in [2.45, 2.75) is 18.4 Å². The molecule has 1 spiro atoms. The number of esters is 1. The van der Waals surface area contributed by atoms with Gasteiger partial charge >= 0.3 is 5.97 Å². The fourth-order valence-electron chi connectivity index (χ4n) is 2.67. The highest BCUT2D eigenvalue weighted by atomic mass is 16.5. The maximum atomic E-state index is 11.6. The Morgan fingerprint density at radius 3 is 2.83 bits per heavy atom. The molecule has 0 aromatic heterocycles. The molecule has 3 rings (SSSR count). The zero-order valence-electron chi connectivity index (χ0n) is 10.4. The summed E-state index contributed by atoms with van der Waals surface area (Å²) in [6.07, 6.45) is 0.949. The monoisotopic (exact) mass is 248 g/mol. The average Bonchev–Trinajstić information content (AvgIpc) is 2.55. The molecule has 1 aromatic carbocycles. The Balaban J connectivity index is 2.05. The van der Waals surface area contributed by atoms with Gasteiger partial charge in [0.25, 0.3) is 0 Å². The van der Waals surface area contributed by atoms with Crippen molar-refractivity contribution in [2.75, 3.05) is 26.9 Å². The van der Waals surface area contributed by atoms with Gasteiger partial charge < -0.3 is 14.2 Å². The smallest absolute Gasteiger partial charge is 0.337 e. The highest BCUT2D eigenvalue weighted by molar-refractivity contribution is 5.89. The Morgan fingerprint density at radius 2 is 2.17 bits per heavy atom. The number of fused-ring (bicyclic) bond motifs is 2. The van der Waals surface area contributed by atoms with Crippen molar-refractivity contribution in [3.63, 3.8) is 0 Å². The number of ether oxygens (including phenoxy) is 3. The van der Waals surface area contributed by atoms with Crippen LogP contribution in [0.25, 0.3) is 0 Å². The van der Waals surface area contributed by atoms with Gasteiger partial charge in [-0.05, 0) is 29.7 Å². The van der Waals surface area contributed by atoms with Crippen molar-refractivity contribution in [3.8, 4) is 0 Å². The Morgan fingerprint density at radius 1 is 1.33 bits per heavy atom. The standard InChI is InChI=1S/C14H16O4/c1-16-13(15)10-2-3-11-7-17-5-4-14(8-18-9-14)12(11)6-10/h2-3,6H,4-5,7-9H2,1H3. The Labute approximate surface area is 106 Å². The first-order valence-corrected chi connectivity index (χ1v) is 6.12. The van der Waals surface area contributed by atoms with Crippen LogP contribution in [0.5, 0.6) is 0 Å². The van der Waals surface area contributed by atoms with Crippen molar-refractivity contribution in [1.29, 1.82) is 0 Å². The lowest BCUT2D eigenvalue weighted by molar-refractivity contribution is -0.0703. The average molecular weight is 248 g/mol. The fraction of sp³-hybridized carbons (Fsp3) is 0.500. The second kappa shape index (κ2) is 4.37. The number of carbonyl (C=O) groups is 1. The van der Waals surface area contributed by atoms with Crippen molar-refractivity contribution in [3.05, 3.63) is 34.9 Å². The van der Waals surface area contributed by atoms with Gasteiger partial charge in [0, 0.05) is 12.0 Å². The third-order valence-corrected chi connectivity index (χ3v) is 3.84. The van der Waals surface area contributed by atoms with E-state index in [9.17, 15) is 4.79 Å². The summed E-state index contributed by atoms with van der Waals surface area (Å²) in [5.41, 5.74) is 2.98. The van der Waals surface area contributed by atoms with Crippen LogP contribution < -0.4 is 0 Å². The first-order valence-electron chi connectivity index (χ1n) is 6.12. The van der Waals surface area contributed by atoms with E-state index in [1.54, 1.807) is 6.07 Å². The molecule has 0 unspecified atom stereocenters. The third-order valence-electron chi connectivity index (χ3n) is 3.84. The molecule has 0 atom stereocenters. The van der Waals surface area contributed by atoms with Crippen molar-refractivity contribution >= 4 is 5.97 Å². The van der Waals surface area contributed by atoms with E-state index < -0.39 is 0 Å². The molecule has 0 aliphatic carbocycles.